The lowest BCUT2D eigenvalue weighted by atomic mass is 9.87. The van der Waals surface area contributed by atoms with Gasteiger partial charge in [-0.2, -0.15) is 11.8 Å². The SMILES string of the molecule is CSCCC[C@@H]1CC1C(=O)C(C)(C)C. The van der Waals surface area contributed by atoms with E-state index in [-0.39, 0.29) is 5.41 Å². The Bertz CT molecular complexity index is 205. The molecule has 0 heterocycles. The van der Waals surface area contributed by atoms with E-state index in [0.717, 1.165) is 6.42 Å². The summed E-state index contributed by atoms with van der Waals surface area (Å²) >= 11 is 1.90. The summed E-state index contributed by atoms with van der Waals surface area (Å²) in [5, 5.41) is 0. The van der Waals surface area contributed by atoms with Crippen LogP contribution in [0.1, 0.15) is 40.0 Å². The van der Waals surface area contributed by atoms with Gasteiger partial charge in [0.15, 0.2) is 0 Å². The number of carbonyl (C=O) groups excluding carboxylic acids is 1. The molecule has 0 N–H and O–H groups in total. The highest BCUT2D eigenvalue weighted by molar-refractivity contribution is 7.98. The molecule has 0 radical (unpaired) electrons. The van der Waals surface area contributed by atoms with Gasteiger partial charge in [0.1, 0.15) is 5.78 Å². The Morgan fingerprint density at radius 1 is 1.43 bits per heavy atom. The van der Waals surface area contributed by atoms with Crippen molar-refractivity contribution in [2.24, 2.45) is 17.3 Å². The zero-order valence-corrected chi connectivity index (χ0v) is 10.6. The number of ketones is 1. The fourth-order valence-electron chi connectivity index (χ4n) is 1.93. The molecule has 0 spiro atoms. The number of thioether (sulfide) groups is 1. The maximum Gasteiger partial charge on any atom is 0.141 e. The number of carbonyl (C=O) groups is 1. The Kier molecular flexibility index (Phi) is 4.05. The highest BCUT2D eigenvalue weighted by Gasteiger charge is 2.45. The van der Waals surface area contributed by atoms with Crippen molar-refractivity contribution < 1.29 is 4.79 Å². The van der Waals surface area contributed by atoms with Gasteiger partial charge >= 0.3 is 0 Å². The largest absolute Gasteiger partial charge is 0.299 e. The number of hydrogen-bond acceptors (Lipinski definition) is 2. The summed E-state index contributed by atoms with van der Waals surface area (Å²) in [6, 6.07) is 0. The molecule has 1 aliphatic rings. The second-order valence-electron chi connectivity index (χ2n) is 5.35. The first-order chi connectivity index (χ1) is 6.46. The average molecular weight is 214 g/mol. The van der Waals surface area contributed by atoms with Gasteiger partial charge in [0.25, 0.3) is 0 Å². The predicted molar refractivity (Wildman–Crippen MR) is 63.7 cm³/mol. The van der Waals surface area contributed by atoms with Gasteiger partial charge in [-0.3, -0.25) is 4.79 Å². The Balaban J connectivity index is 2.22. The van der Waals surface area contributed by atoms with Crippen LogP contribution in [0, 0.1) is 17.3 Å². The Labute approximate surface area is 92.0 Å². The molecule has 1 unspecified atom stereocenters. The molecular formula is C12H22OS. The van der Waals surface area contributed by atoms with E-state index in [4.69, 9.17) is 0 Å². The first-order valence-corrected chi connectivity index (χ1v) is 6.89. The third-order valence-electron chi connectivity index (χ3n) is 2.92. The molecule has 0 aromatic rings. The zero-order valence-electron chi connectivity index (χ0n) is 9.80. The summed E-state index contributed by atoms with van der Waals surface area (Å²) in [4.78, 5) is 11.9. The quantitative estimate of drug-likeness (QED) is 0.653. The van der Waals surface area contributed by atoms with E-state index in [0.29, 0.717) is 17.6 Å². The molecule has 1 aliphatic carbocycles. The average Bonchev–Trinajstić information content (AvgIpc) is 2.81. The molecule has 14 heavy (non-hydrogen) atoms. The van der Waals surface area contributed by atoms with E-state index in [2.05, 4.69) is 6.26 Å². The molecule has 1 saturated carbocycles. The topological polar surface area (TPSA) is 17.1 Å². The first kappa shape index (κ1) is 12.1. The van der Waals surface area contributed by atoms with E-state index in [1.165, 1.54) is 18.6 Å². The van der Waals surface area contributed by atoms with Crippen molar-refractivity contribution in [2.75, 3.05) is 12.0 Å². The van der Waals surface area contributed by atoms with Crippen molar-refractivity contribution in [1.82, 2.24) is 0 Å². The van der Waals surface area contributed by atoms with Crippen LogP contribution in [0.25, 0.3) is 0 Å². The van der Waals surface area contributed by atoms with Gasteiger partial charge in [-0.25, -0.2) is 0 Å². The fourth-order valence-corrected chi connectivity index (χ4v) is 2.39. The lowest BCUT2D eigenvalue weighted by Crippen LogP contribution is -2.22. The standard InChI is InChI=1S/C12H22OS/c1-12(2,3)11(13)10-8-9(10)6-5-7-14-4/h9-10H,5-8H2,1-4H3/t9-,10?/m1/s1. The molecular weight excluding hydrogens is 192 g/mol. The molecule has 0 aromatic heterocycles. The van der Waals surface area contributed by atoms with Gasteiger partial charge in [-0.05, 0) is 37.2 Å². The summed E-state index contributed by atoms with van der Waals surface area (Å²) in [7, 11) is 0. The number of hydrogen-bond donors (Lipinski definition) is 0. The van der Waals surface area contributed by atoms with Crippen molar-refractivity contribution >= 4 is 17.5 Å². The van der Waals surface area contributed by atoms with Gasteiger partial charge in [0.2, 0.25) is 0 Å². The van der Waals surface area contributed by atoms with E-state index in [1.54, 1.807) is 0 Å². The van der Waals surface area contributed by atoms with Crippen LogP contribution in [0.2, 0.25) is 0 Å². The summed E-state index contributed by atoms with van der Waals surface area (Å²) in [6.45, 7) is 6.10. The van der Waals surface area contributed by atoms with E-state index in [1.807, 2.05) is 32.5 Å². The van der Waals surface area contributed by atoms with Crippen LogP contribution >= 0.6 is 11.8 Å². The molecule has 2 atom stereocenters. The molecule has 1 rings (SSSR count). The van der Waals surface area contributed by atoms with Gasteiger partial charge in [0.05, 0.1) is 0 Å². The van der Waals surface area contributed by atoms with Crippen molar-refractivity contribution in [2.45, 2.75) is 40.0 Å². The Morgan fingerprint density at radius 3 is 2.57 bits per heavy atom. The van der Waals surface area contributed by atoms with Gasteiger partial charge in [-0.1, -0.05) is 20.8 Å². The molecule has 1 nitrogen and oxygen atoms in total. The molecule has 0 amide bonds. The molecule has 0 saturated heterocycles. The van der Waals surface area contributed by atoms with Crippen LogP contribution in [0.15, 0.2) is 0 Å². The van der Waals surface area contributed by atoms with Crippen LogP contribution in [-0.4, -0.2) is 17.8 Å². The minimum absolute atomic E-state index is 0.126. The van der Waals surface area contributed by atoms with Crippen LogP contribution in [0.3, 0.4) is 0 Å². The zero-order chi connectivity index (χ0) is 10.8. The molecule has 2 heteroatoms. The van der Waals surface area contributed by atoms with E-state index >= 15 is 0 Å². The lowest BCUT2D eigenvalue weighted by Gasteiger charge is -2.16. The number of Topliss-reactive ketones (excluding diaryl/α,β-unsaturated/α-hetero) is 1. The smallest absolute Gasteiger partial charge is 0.141 e. The minimum atomic E-state index is -0.126. The minimum Gasteiger partial charge on any atom is -0.299 e. The van der Waals surface area contributed by atoms with Crippen molar-refractivity contribution in [1.29, 1.82) is 0 Å². The van der Waals surface area contributed by atoms with Gasteiger partial charge < -0.3 is 0 Å². The fraction of sp³-hybridized carbons (Fsp3) is 0.917. The predicted octanol–water partition coefficient (Wildman–Crippen LogP) is 3.38. The van der Waals surface area contributed by atoms with Crippen molar-refractivity contribution in [3.05, 3.63) is 0 Å². The highest BCUT2D eigenvalue weighted by atomic mass is 32.2. The molecule has 0 bridgehead atoms. The Hall–Kier alpha value is 0.0200. The van der Waals surface area contributed by atoms with E-state index in [9.17, 15) is 4.79 Å². The Morgan fingerprint density at radius 2 is 2.07 bits per heavy atom. The second-order valence-corrected chi connectivity index (χ2v) is 6.34. The summed E-state index contributed by atoms with van der Waals surface area (Å²) in [5.41, 5.74) is -0.126. The monoisotopic (exact) mass is 214 g/mol. The summed E-state index contributed by atoms with van der Waals surface area (Å²) in [5.74, 6) is 2.84. The maximum absolute atomic E-state index is 11.9. The van der Waals surface area contributed by atoms with Gasteiger partial charge in [0, 0.05) is 11.3 Å². The van der Waals surface area contributed by atoms with E-state index < -0.39 is 0 Å². The highest BCUT2D eigenvalue weighted by Crippen LogP contribution is 2.46. The molecule has 1 fully saturated rings. The molecule has 0 aliphatic heterocycles. The van der Waals surface area contributed by atoms with Crippen molar-refractivity contribution in [3.63, 3.8) is 0 Å². The van der Waals surface area contributed by atoms with Gasteiger partial charge in [-0.15, -0.1) is 0 Å². The lowest BCUT2D eigenvalue weighted by molar-refractivity contribution is -0.127. The van der Waals surface area contributed by atoms with Crippen LogP contribution in [-0.2, 0) is 4.79 Å². The van der Waals surface area contributed by atoms with Crippen LogP contribution in [0.5, 0.6) is 0 Å². The summed E-state index contributed by atoms with van der Waals surface area (Å²) in [6.07, 6.45) is 5.84. The maximum atomic E-state index is 11.9. The third-order valence-corrected chi connectivity index (χ3v) is 3.62. The van der Waals surface area contributed by atoms with Crippen molar-refractivity contribution in [3.8, 4) is 0 Å². The second kappa shape index (κ2) is 4.69. The molecule has 82 valence electrons. The van der Waals surface area contributed by atoms with Crippen LogP contribution < -0.4 is 0 Å². The molecule has 0 aromatic carbocycles. The number of rotatable bonds is 5. The first-order valence-electron chi connectivity index (χ1n) is 5.50. The third kappa shape index (κ3) is 3.30. The normalized spacial score (nSPS) is 26.3. The summed E-state index contributed by atoms with van der Waals surface area (Å²) < 4.78 is 0. The van der Waals surface area contributed by atoms with Crippen LogP contribution in [0.4, 0.5) is 0 Å².